The average molecular weight is 312 g/mol. The van der Waals surface area contributed by atoms with Gasteiger partial charge in [-0.2, -0.15) is 0 Å². The van der Waals surface area contributed by atoms with Crippen molar-refractivity contribution in [3.05, 3.63) is 0 Å². The highest BCUT2D eigenvalue weighted by atomic mass is 32.2. The maximum atomic E-state index is 12.3. The fraction of sp³-hybridized carbons (Fsp3) is 0.846. The zero-order valence-corrected chi connectivity index (χ0v) is 13.8. The Hall–Kier alpha value is -1.15. The molecule has 1 atom stereocenters. The SMILES string of the molecule is CCN(CC)C(=O)C(C)Sc1nnnn1CCNC1CC1. The fourth-order valence-corrected chi connectivity index (χ4v) is 2.98. The van der Waals surface area contributed by atoms with Crippen molar-refractivity contribution >= 4 is 17.7 Å². The van der Waals surface area contributed by atoms with E-state index in [1.165, 1.54) is 24.6 Å². The topological polar surface area (TPSA) is 75.9 Å². The van der Waals surface area contributed by atoms with Crippen LogP contribution in [0.5, 0.6) is 0 Å². The molecule has 1 fully saturated rings. The van der Waals surface area contributed by atoms with Crippen LogP contribution < -0.4 is 5.32 Å². The molecule has 7 nitrogen and oxygen atoms in total. The van der Waals surface area contributed by atoms with Crippen molar-refractivity contribution in [3.8, 4) is 0 Å². The molecule has 1 unspecified atom stereocenters. The van der Waals surface area contributed by atoms with Crippen LogP contribution in [-0.2, 0) is 11.3 Å². The number of rotatable bonds is 9. The van der Waals surface area contributed by atoms with E-state index in [-0.39, 0.29) is 11.2 Å². The molecular formula is C13H24N6OS. The van der Waals surface area contributed by atoms with Crippen LogP contribution in [0.25, 0.3) is 0 Å². The van der Waals surface area contributed by atoms with Crippen LogP contribution in [0, 0.1) is 0 Å². The Kier molecular flexibility index (Phi) is 5.98. The Labute approximate surface area is 129 Å². The van der Waals surface area contributed by atoms with Gasteiger partial charge >= 0.3 is 0 Å². The second-order valence-electron chi connectivity index (χ2n) is 5.18. The minimum Gasteiger partial charge on any atom is -0.342 e. The molecule has 0 spiro atoms. The first-order valence-electron chi connectivity index (χ1n) is 7.60. The van der Waals surface area contributed by atoms with E-state index < -0.39 is 0 Å². The smallest absolute Gasteiger partial charge is 0.235 e. The van der Waals surface area contributed by atoms with Gasteiger partial charge in [0, 0.05) is 25.7 Å². The van der Waals surface area contributed by atoms with Crippen LogP contribution >= 0.6 is 11.8 Å². The van der Waals surface area contributed by atoms with E-state index in [0.717, 1.165) is 26.2 Å². The van der Waals surface area contributed by atoms with Crippen LogP contribution in [0.3, 0.4) is 0 Å². The highest BCUT2D eigenvalue weighted by molar-refractivity contribution is 8.00. The highest BCUT2D eigenvalue weighted by Crippen LogP contribution is 2.22. The van der Waals surface area contributed by atoms with Gasteiger partial charge in [0.05, 0.1) is 11.8 Å². The van der Waals surface area contributed by atoms with E-state index in [2.05, 4.69) is 20.8 Å². The number of nitrogens with one attached hydrogen (secondary N) is 1. The predicted molar refractivity (Wildman–Crippen MR) is 82.1 cm³/mol. The number of tetrazole rings is 1. The van der Waals surface area contributed by atoms with E-state index in [1.54, 1.807) is 4.68 Å². The van der Waals surface area contributed by atoms with Crippen molar-refractivity contribution in [2.45, 2.75) is 56.6 Å². The molecule has 0 radical (unpaired) electrons. The van der Waals surface area contributed by atoms with Crippen LogP contribution in [0.4, 0.5) is 0 Å². The molecular weight excluding hydrogens is 288 g/mol. The lowest BCUT2D eigenvalue weighted by atomic mass is 10.4. The molecule has 21 heavy (non-hydrogen) atoms. The second-order valence-corrected chi connectivity index (χ2v) is 6.49. The quantitative estimate of drug-likeness (QED) is 0.679. The van der Waals surface area contributed by atoms with Gasteiger partial charge in [0.2, 0.25) is 11.1 Å². The zero-order valence-electron chi connectivity index (χ0n) is 12.9. The summed E-state index contributed by atoms with van der Waals surface area (Å²) < 4.78 is 1.77. The van der Waals surface area contributed by atoms with Crippen molar-refractivity contribution in [3.63, 3.8) is 0 Å². The maximum absolute atomic E-state index is 12.3. The van der Waals surface area contributed by atoms with E-state index in [1.807, 2.05) is 25.7 Å². The van der Waals surface area contributed by atoms with Crippen LogP contribution in [0.1, 0.15) is 33.6 Å². The molecule has 1 aliphatic rings. The molecule has 0 bridgehead atoms. The lowest BCUT2D eigenvalue weighted by molar-refractivity contribution is -0.129. The third-order valence-corrected chi connectivity index (χ3v) is 4.60. The monoisotopic (exact) mass is 312 g/mol. The number of hydrogen-bond acceptors (Lipinski definition) is 6. The zero-order chi connectivity index (χ0) is 15.2. The van der Waals surface area contributed by atoms with Crippen molar-refractivity contribution in [1.29, 1.82) is 0 Å². The number of thioether (sulfide) groups is 1. The highest BCUT2D eigenvalue weighted by Gasteiger charge is 2.23. The predicted octanol–water partition coefficient (Wildman–Crippen LogP) is 0.774. The van der Waals surface area contributed by atoms with Crippen molar-refractivity contribution in [2.75, 3.05) is 19.6 Å². The third-order valence-electron chi connectivity index (χ3n) is 3.54. The maximum Gasteiger partial charge on any atom is 0.235 e. The molecule has 0 aliphatic heterocycles. The molecule has 8 heteroatoms. The van der Waals surface area contributed by atoms with Gasteiger partial charge in [-0.15, -0.1) is 5.10 Å². The minimum absolute atomic E-state index is 0.135. The molecule has 0 aromatic carbocycles. The van der Waals surface area contributed by atoms with E-state index in [0.29, 0.717) is 11.2 Å². The first-order valence-corrected chi connectivity index (χ1v) is 8.48. The lowest BCUT2D eigenvalue weighted by Gasteiger charge is -2.22. The van der Waals surface area contributed by atoms with E-state index >= 15 is 0 Å². The molecule has 1 heterocycles. The van der Waals surface area contributed by atoms with Gasteiger partial charge in [0.15, 0.2) is 0 Å². The van der Waals surface area contributed by atoms with Gasteiger partial charge in [-0.1, -0.05) is 11.8 Å². The van der Waals surface area contributed by atoms with Crippen molar-refractivity contribution < 1.29 is 4.79 Å². The Bertz CT molecular complexity index is 457. The Morgan fingerprint density at radius 3 is 2.81 bits per heavy atom. The molecule has 1 aromatic rings. The lowest BCUT2D eigenvalue weighted by Crippen LogP contribution is -2.36. The number of amides is 1. The largest absolute Gasteiger partial charge is 0.342 e. The van der Waals surface area contributed by atoms with Crippen molar-refractivity contribution in [2.24, 2.45) is 0 Å². The summed E-state index contributed by atoms with van der Waals surface area (Å²) >= 11 is 1.43. The number of aromatic nitrogens is 4. The summed E-state index contributed by atoms with van der Waals surface area (Å²) in [6, 6.07) is 0.681. The Morgan fingerprint density at radius 2 is 2.19 bits per heavy atom. The van der Waals surface area contributed by atoms with Gasteiger partial charge in [-0.25, -0.2) is 4.68 Å². The summed E-state index contributed by atoms with van der Waals surface area (Å²) in [4.78, 5) is 14.1. The van der Waals surface area contributed by atoms with Crippen LogP contribution in [0.15, 0.2) is 5.16 Å². The summed E-state index contributed by atoms with van der Waals surface area (Å²) in [7, 11) is 0. The molecule has 1 amide bonds. The summed E-state index contributed by atoms with van der Waals surface area (Å²) in [6.07, 6.45) is 2.54. The first-order chi connectivity index (χ1) is 10.2. The number of carbonyl (C=O) groups excluding carboxylic acids is 1. The molecule has 1 aliphatic carbocycles. The number of carbonyl (C=O) groups is 1. The van der Waals surface area contributed by atoms with E-state index in [4.69, 9.17) is 0 Å². The summed E-state index contributed by atoms with van der Waals surface area (Å²) in [5, 5.41) is 15.7. The normalized spacial score (nSPS) is 16.0. The summed E-state index contributed by atoms with van der Waals surface area (Å²) in [6.45, 7) is 8.96. The van der Waals surface area contributed by atoms with E-state index in [9.17, 15) is 4.79 Å². The third kappa shape index (κ3) is 4.67. The molecule has 0 saturated heterocycles. The van der Waals surface area contributed by atoms with Crippen LogP contribution in [-0.4, -0.2) is 61.9 Å². The molecule has 2 rings (SSSR count). The van der Waals surface area contributed by atoms with Gasteiger partial charge in [-0.3, -0.25) is 4.79 Å². The Balaban J connectivity index is 1.86. The molecule has 1 N–H and O–H groups in total. The first kappa shape index (κ1) is 16.2. The number of hydrogen-bond donors (Lipinski definition) is 1. The molecule has 1 aromatic heterocycles. The van der Waals surface area contributed by atoms with Crippen molar-refractivity contribution in [1.82, 2.24) is 30.4 Å². The molecule has 118 valence electrons. The minimum atomic E-state index is -0.175. The van der Waals surface area contributed by atoms with Gasteiger partial charge in [-0.05, 0) is 44.0 Å². The van der Waals surface area contributed by atoms with Gasteiger partial charge < -0.3 is 10.2 Å². The second kappa shape index (κ2) is 7.74. The van der Waals surface area contributed by atoms with Crippen LogP contribution in [0.2, 0.25) is 0 Å². The summed E-state index contributed by atoms with van der Waals surface area (Å²) in [5.41, 5.74) is 0. The van der Waals surface area contributed by atoms with Gasteiger partial charge in [0.1, 0.15) is 0 Å². The Morgan fingerprint density at radius 1 is 1.48 bits per heavy atom. The summed E-state index contributed by atoms with van der Waals surface area (Å²) in [5.74, 6) is 0.135. The van der Waals surface area contributed by atoms with Gasteiger partial charge in [0.25, 0.3) is 0 Å². The fourth-order valence-electron chi connectivity index (χ4n) is 2.08. The standard InChI is InChI=1S/C13H24N6OS/c1-4-18(5-2)12(20)10(3)21-13-15-16-17-19(13)9-8-14-11-6-7-11/h10-11,14H,4-9H2,1-3H3. The average Bonchev–Trinajstić information content (AvgIpc) is 3.20. The number of nitrogens with zero attached hydrogens (tertiary/aromatic N) is 5. The molecule has 1 saturated carbocycles.